The van der Waals surface area contributed by atoms with Crippen molar-refractivity contribution in [3.8, 4) is 22.5 Å². The Morgan fingerprint density at radius 2 is 0.920 bits per heavy atom. The highest BCUT2D eigenvalue weighted by molar-refractivity contribution is 9.10. The minimum Gasteiger partial charge on any atom is -0.384 e. The summed E-state index contributed by atoms with van der Waals surface area (Å²) in [5, 5.41) is 25.8. The number of morpholine rings is 3. The van der Waals surface area contributed by atoms with Crippen molar-refractivity contribution in [3.05, 3.63) is 209 Å². The van der Waals surface area contributed by atoms with Gasteiger partial charge in [0.15, 0.2) is 18.2 Å². The van der Waals surface area contributed by atoms with Crippen LogP contribution in [-0.4, -0.2) is 141 Å². The van der Waals surface area contributed by atoms with Crippen LogP contribution in [0.3, 0.4) is 0 Å². The fourth-order valence-electron chi connectivity index (χ4n) is 13.7. The Morgan fingerprint density at radius 3 is 1.30 bits per heavy atom. The van der Waals surface area contributed by atoms with Gasteiger partial charge in [0.1, 0.15) is 29.1 Å². The van der Waals surface area contributed by atoms with Crippen LogP contribution < -0.4 is 31.1 Å². The quantitative estimate of drug-likeness (QED) is 0.0687. The minimum atomic E-state index is -0.688. The molecule has 4 N–H and O–H groups in total. The summed E-state index contributed by atoms with van der Waals surface area (Å²) in [4.78, 5) is 74.5. The number of nitrogen functional groups attached to an aromatic ring is 1. The molecule has 0 spiro atoms. The van der Waals surface area contributed by atoms with Crippen molar-refractivity contribution >= 4 is 62.3 Å². The van der Waals surface area contributed by atoms with Gasteiger partial charge in [0.05, 0.1) is 163 Å². The number of rotatable bonds is 9. The van der Waals surface area contributed by atoms with Gasteiger partial charge >= 0.3 is 11.6 Å². The summed E-state index contributed by atoms with van der Waals surface area (Å²) >= 11 is 3.24. The number of pyridine rings is 6. The molecular formula is C70H70BrF5N14O10. The summed E-state index contributed by atoms with van der Waals surface area (Å²) in [5.74, 6) is -1.75. The number of carbonyl (C=O) groups is 2. The molecule has 2 amide bonds. The molecule has 2 aromatic carbocycles. The molecule has 19 rings (SSSR count). The van der Waals surface area contributed by atoms with E-state index in [4.69, 9.17) is 24.7 Å². The van der Waals surface area contributed by atoms with E-state index >= 15 is 0 Å². The average molecular weight is 1440 g/mol. The standard InChI is InChI=1S/C24H20F2N4O2.C13H7BrF2N2O.C10H11N3O3.C10H13N3O.C6H10O.C5H3FN2O2.C2H6/c25-18-2-1-3-19(26)23(18)20-7-13(22-21(29-20)10-28-24(22)31)6-14-4-5-15(9-27-14)30-16-8-17(30)12-32-11-16;14-6-4-9(12-7(15)2-1-3-8(12)16)18-10-5-17-13(19)11(6)10;14-13(15)10-2-1-7(4-11-10)12-8-3-9(12)6-16-5-8;11-10-2-1-7(4-12-10)13-8-3-9(13)6-14-5-8;1-5-2-6(1)4-7-3-5;6-4-1-2-5(7-3-4)8(9)10;1-2/h1-5,7,9,16-17H,6,8,10-12H2,(H,28,31);1-4H,5H2,(H,17,19);1-2,4,8-9H,3,5-6H2;1-2,4,8-9H,3,5-6H2,(H2,11,12);5-6H,1-4H2;1-3H;1-2H3. The Labute approximate surface area is 579 Å². The number of amides is 2. The third-order valence-corrected chi connectivity index (χ3v) is 19.1. The van der Waals surface area contributed by atoms with E-state index in [0.29, 0.717) is 81.0 Å². The maximum atomic E-state index is 14.4. The van der Waals surface area contributed by atoms with Gasteiger partial charge < -0.3 is 70.2 Å². The number of carbonyl (C=O) groups excluding carboxylic acids is 2. The smallest absolute Gasteiger partial charge is 0.363 e. The van der Waals surface area contributed by atoms with Gasteiger partial charge in [0.2, 0.25) is 0 Å². The van der Waals surface area contributed by atoms with Crippen LogP contribution in [0.1, 0.15) is 89.3 Å². The number of ether oxygens (including phenoxy) is 4. The number of halogens is 6. The molecule has 6 atom stereocenters. The highest BCUT2D eigenvalue weighted by Crippen LogP contribution is 2.41. The number of benzene rings is 2. The average Bonchev–Trinajstić information content (AvgIpc) is 1.05. The van der Waals surface area contributed by atoms with E-state index in [1.165, 1.54) is 73.5 Å². The lowest BCUT2D eigenvalue weighted by molar-refractivity contribution is -0.389. The summed E-state index contributed by atoms with van der Waals surface area (Å²) < 4.78 is 90.3. The van der Waals surface area contributed by atoms with Crippen LogP contribution in [0, 0.1) is 61.2 Å². The minimum absolute atomic E-state index is 0.106. The number of nitrogens with two attached hydrogens (primary N) is 1. The fourth-order valence-corrected chi connectivity index (χ4v) is 14.4. The number of nitro groups is 2. The second-order valence-electron chi connectivity index (χ2n) is 24.9. The number of anilines is 4. The maximum Gasteiger partial charge on any atom is 0.363 e. The Hall–Kier alpha value is -9.75. The zero-order valence-electron chi connectivity index (χ0n) is 54.3. The second-order valence-corrected chi connectivity index (χ2v) is 25.8. The summed E-state index contributed by atoms with van der Waals surface area (Å²) in [6.45, 7) is 11.3. The van der Waals surface area contributed by atoms with E-state index < -0.39 is 38.9 Å². The van der Waals surface area contributed by atoms with Crippen molar-refractivity contribution in [2.24, 2.45) is 11.8 Å². The third kappa shape index (κ3) is 15.5. The molecule has 1 aliphatic carbocycles. The van der Waals surface area contributed by atoms with E-state index in [9.17, 15) is 51.8 Å². The van der Waals surface area contributed by atoms with Gasteiger partial charge in [-0.3, -0.25) is 14.6 Å². The molecule has 1 saturated carbocycles. The SMILES string of the molecule is C1OCC2CC1C2.CC.Nc1ccc(N2C3COCC2C3)cn1.O=C1NCc2nc(-c3c(F)cccc3F)cc(Br)c21.O=C1NCc2nc(-c3c(F)cccc3F)cc(Cc3ccc(N4C5COCC4C5)cn3)c21.O=[N+]([O-])c1ccc(F)cn1.O=[N+]([O-])c1ccc(N2C3COCC2C3)cn1. The number of fused-ring (bicyclic) bond motifs is 10. The van der Waals surface area contributed by atoms with Gasteiger partial charge in [-0.05, 0) is 158 Å². The van der Waals surface area contributed by atoms with Crippen LogP contribution in [0.2, 0.25) is 0 Å². The summed E-state index contributed by atoms with van der Waals surface area (Å²) in [6.07, 6.45) is 12.9. The first kappa shape index (κ1) is 70.1. The zero-order valence-corrected chi connectivity index (χ0v) is 55.9. The van der Waals surface area contributed by atoms with Crippen LogP contribution in [-0.2, 0) is 38.5 Å². The Bertz CT molecular complexity index is 4190. The number of aromatic nitrogens is 6. The lowest BCUT2D eigenvalue weighted by Crippen LogP contribution is -2.64. The van der Waals surface area contributed by atoms with E-state index in [-0.39, 0.29) is 59.1 Å². The predicted octanol–water partition coefficient (Wildman–Crippen LogP) is 11.1. The number of hydrogen-bond acceptors (Lipinski definition) is 20. The fraction of sp³-hybridized carbons (Fsp3) is 0.371. The summed E-state index contributed by atoms with van der Waals surface area (Å²) in [7, 11) is 0. The normalized spacial score (nSPS) is 22.2. The van der Waals surface area contributed by atoms with Crippen LogP contribution in [0.4, 0.5) is 56.5 Å². The van der Waals surface area contributed by atoms with Gasteiger partial charge in [-0.1, -0.05) is 26.0 Å². The first-order valence-corrected chi connectivity index (χ1v) is 33.6. The number of hydrogen-bond donors (Lipinski definition) is 3. The lowest BCUT2D eigenvalue weighted by Gasteiger charge is -2.53. The van der Waals surface area contributed by atoms with E-state index in [1.807, 2.05) is 50.5 Å². The largest absolute Gasteiger partial charge is 0.384 e. The molecule has 6 unspecified atom stereocenters. The maximum absolute atomic E-state index is 14.4. The highest BCUT2D eigenvalue weighted by Gasteiger charge is 2.45. The van der Waals surface area contributed by atoms with Gasteiger partial charge in [-0.25, -0.2) is 36.9 Å². The molecule has 8 bridgehead atoms. The molecule has 24 nitrogen and oxygen atoms in total. The molecule has 0 radical (unpaired) electrons. The topological polar surface area (TPSA) is 294 Å². The van der Waals surface area contributed by atoms with Crippen molar-refractivity contribution in [1.29, 1.82) is 0 Å². The van der Waals surface area contributed by atoms with E-state index in [1.54, 1.807) is 18.3 Å². The van der Waals surface area contributed by atoms with Crippen LogP contribution in [0.15, 0.2) is 126 Å². The molecule has 6 aromatic heterocycles. The summed E-state index contributed by atoms with van der Waals surface area (Å²) in [5.41, 5.74) is 12.0. The lowest BCUT2D eigenvalue weighted by atomic mass is 9.74. The van der Waals surface area contributed by atoms with Gasteiger partial charge in [0.25, 0.3) is 11.8 Å². The molecule has 10 aliphatic heterocycles. The molecule has 522 valence electrons. The van der Waals surface area contributed by atoms with Crippen molar-refractivity contribution in [2.45, 2.75) is 102 Å². The monoisotopic (exact) mass is 1440 g/mol. The predicted molar refractivity (Wildman–Crippen MR) is 362 cm³/mol. The van der Waals surface area contributed by atoms with Crippen molar-refractivity contribution < 1.29 is 60.3 Å². The molecule has 8 aromatic rings. The van der Waals surface area contributed by atoms with Gasteiger partial charge in [-0.2, -0.15) is 0 Å². The Balaban J connectivity index is 0.000000120. The second kappa shape index (κ2) is 31.2. The first-order chi connectivity index (χ1) is 48.4. The van der Waals surface area contributed by atoms with Gasteiger partial charge in [-0.15, -0.1) is 0 Å². The van der Waals surface area contributed by atoms with Crippen molar-refractivity contribution in [3.63, 3.8) is 0 Å². The molecule has 9 fully saturated rings. The molecule has 16 heterocycles. The van der Waals surface area contributed by atoms with E-state index in [2.05, 4.69) is 71.2 Å². The van der Waals surface area contributed by atoms with Crippen LogP contribution in [0.25, 0.3) is 22.5 Å². The Kier molecular flexibility index (Phi) is 21.9. The summed E-state index contributed by atoms with van der Waals surface area (Å²) in [6, 6.07) is 26.2. The Morgan fingerprint density at radius 1 is 0.510 bits per heavy atom. The number of nitrogens with zero attached hydrogens (tertiary/aromatic N) is 11. The van der Waals surface area contributed by atoms with Crippen molar-refractivity contribution in [2.75, 3.05) is 73.3 Å². The van der Waals surface area contributed by atoms with Gasteiger partial charge in [0, 0.05) is 41.9 Å². The molecular weight excluding hydrogens is 1370 g/mol. The van der Waals surface area contributed by atoms with Crippen LogP contribution in [0.5, 0.6) is 0 Å². The molecule has 30 heteroatoms. The van der Waals surface area contributed by atoms with E-state index in [0.717, 1.165) is 113 Å². The third-order valence-electron chi connectivity index (χ3n) is 18.5. The first-order valence-electron chi connectivity index (χ1n) is 32.8. The molecule has 8 saturated heterocycles. The highest BCUT2D eigenvalue weighted by atomic mass is 79.9. The number of nitrogens with one attached hydrogen (secondary N) is 2. The van der Waals surface area contributed by atoms with Crippen molar-refractivity contribution in [1.82, 2.24) is 40.5 Å². The zero-order chi connectivity index (χ0) is 70.3. The van der Waals surface area contributed by atoms with Crippen LogP contribution >= 0.6 is 15.9 Å². The molecule has 11 aliphatic rings. The molecule has 100 heavy (non-hydrogen) atoms.